The first-order valence-electron chi connectivity index (χ1n) is 4.52. The number of halogens is 2. The summed E-state index contributed by atoms with van der Waals surface area (Å²) in [7, 11) is 0. The van der Waals surface area contributed by atoms with Crippen molar-refractivity contribution in [2.24, 2.45) is 0 Å². The minimum absolute atomic E-state index is 0.396. The monoisotopic (exact) mass is 318 g/mol. The quantitative estimate of drug-likeness (QED) is 0.862. The van der Waals surface area contributed by atoms with E-state index in [4.69, 9.17) is 16.3 Å². The lowest BCUT2D eigenvalue weighted by Gasteiger charge is -2.07. The fraction of sp³-hybridized carbons (Fsp3) is 0.200. The summed E-state index contributed by atoms with van der Waals surface area (Å²) in [4.78, 5) is 0. The Morgan fingerprint density at radius 3 is 2.88 bits per heavy atom. The third-order valence-corrected chi connectivity index (χ3v) is 3.42. The summed E-state index contributed by atoms with van der Waals surface area (Å²) in [5.74, 6) is 0.842. The van der Waals surface area contributed by atoms with Crippen LogP contribution in [-0.4, -0.2) is 10.2 Å². The molecule has 0 aliphatic carbocycles. The number of rotatable bonds is 3. The minimum Gasteiger partial charge on any atom is -0.486 e. The molecule has 16 heavy (non-hydrogen) atoms. The molecule has 0 fully saturated rings. The number of nitrogens with zero attached hydrogens (tertiary/aromatic N) is 2. The fourth-order valence-electron chi connectivity index (χ4n) is 1.21. The lowest BCUT2D eigenvalue weighted by atomic mass is 10.2. The number of aromatic nitrogens is 2. The van der Waals surface area contributed by atoms with E-state index < -0.39 is 0 Å². The first-order chi connectivity index (χ1) is 7.65. The van der Waals surface area contributed by atoms with E-state index in [-0.39, 0.29) is 0 Å². The Kier molecular flexibility index (Phi) is 3.78. The highest BCUT2D eigenvalue weighted by Gasteiger charge is 2.04. The zero-order valence-electron chi connectivity index (χ0n) is 8.41. The lowest BCUT2D eigenvalue weighted by molar-refractivity contribution is 0.302. The molecule has 0 unspecified atom stereocenters. The van der Waals surface area contributed by atoms with Crippen molar-refractivity contribution in [2.75, 3.05) is 0 Å². The van der Waals surface area contributed by atoms with Gasteiger partial charge in [0.2, 0.25) is 4.47 Å². The Morgan fingerprint density at radius 2 is 2.25 bits per heavy atom. The Morgan fingerprint density at radius 1 is 1.44 bits per heavy atom. The molecule has 1 heterocycles. The van der Waals surface area contributed by atoms with Crippen molar-refractivity contribution in [3.8, 4) is 5.75 Å². The van der Waals surface area contributed by atoms with Gasteiger partial charge in [0.05, 0.1) is 0 Å². The summed E-state index contributed by atoms with van der Waals surface area (Å²) < 4.78 is 7.09. The van der Waals surface area contributed by atoms with Crippen molar-refractivity contribution >= 4 is 38.9 Å². The average molecular weight is 320 g/mol. The van der Waals surface area contributed by atoms with Crippen LogP contribution in [0.5, 0.6) is 5.75 Å². The second kappa shape index (κ2) is 5.12. The molecule has 0 saturated carbocycles. The summed E-state index contributed by atoms with van der Waals surface area (Å²) >= 11 is 10.4. The maximum Gasteiger partial charge on any atom is 0.207 e. The van der Waals surface area contributed by atoms with Crippen molar-refractivity contribution < 1.29 is 4.74 Å². The Hall–Kier alpha value is -0.650. The van der Waals surface area contributed by atoms with Gasteiger partial charge in [0.25, 0.3) is 0 Å². The van der Waals surface area contributed by atoms with Crippen molar-refractivity contribution in [3.05, 3.63) is 37.7 Å². The van der Waals surface area contributed by atoms with E-state index in [2.05, 4.69) is 26.1 Å². The standard InChI is InChI=1S/C10H8BrClN2OS/c1-6-4-7(11)2-3-8(6)15-5-9-13-14-10(12)16-9/h2-4H,5H2,1H3. The molecule has 0 amide bonds. The van der Waals surface area contributed by atoms with E-state index in [1.165, 1.54) is 11.3 Å². The molecular formula is C10H8BrClN2OS. The van der Waals surface area contributed by atoms with Gasteiger partial charge in [-0.3, -0.25) is 0 Å². The van der Waals surface area contributed by atoms with Gasteiger partial charge >= 0.3 is 0 Å². The fourth-order valence-corrected chi connectivity index (χ4v) is 2.46. The molecule has 84 valence electrons. The van der Waals surface area contributed by atoms with Gasteiger partial charge < -0.3 is 4.74 Å². The molecule has 3 nitrogen and oxygen atoms in total. The Labute approximate surface area is 111 Å². The molecule has 1 aromatic heterocycles. The van der Waals surface area contributed by atoms with Gasteiger partial charge in [0, 0.05) is 4.47 Å². The van der Waals surface area contributed by atoms with Crippen molar-refractivity contribution in [2.45, 2.75) is 13.5 Å². The molecule has 0 aliphatic rings. The highest BCUT2D eigenvalue weighted by atomic mass is 79.9. The average Bonchev–Trinajstić information content (AvgIpc) is 2.63. The number of ether oxygens (including phenoxy) is 1. The topological polar surface area (TPSA) is 35.0 Å². The molecule has 0 N–H and O–H groups in total. The van der Waals surface area contributed by atoms with E-state index in [0.29, 0.717) is 11.1 Å². The van der Waals surface area contributed by atoms with Crippen LogP contribution >= 0.6 is 38.9 Å². The molecular weight excluding hydrogens is 312 g/mol. The molecule has 0 aliphatic heterocycles. The second-order valence-corrected chi connectivity index (χ2v) is 5.71. The van der Waals surface area contributed by atoms with Gasteiger partial charge in [-0.05, 0) is 42.3 Å². The van der Waals surface area contributed by atoms with E-state index in [9.17, 15) is 0 Å². The molecule has 6 heteroatoms. The van der Waals surface area contributed by atoms with E-state index in [0.717, 1.165) is 20.8 Å². The van der Waals surface area contributed by atoms with Crippen molar-refractivity contribution in [1.82, 2.24) is 10.2 Å². The predicted octanol–water partition coefficient (Wildman–Crippen LogP) is 3.84. The molecule has 0 atom stereocenters. The van der Waals surface area contributed by atoms with Crippen molar-refractivity contribution in [1.29, 1.82) is 0 Å². The second-order valence-electron chi connectivity index (χ2n) is 3.15. The zero-order chi connectivity index (χ0) is 11.5. The summed E-state index contributed by atoms with van der Waals surface area (Å²) in [6.45, 7) is 2.39. The van der Waals surface area contributed by atoms with Gasteiger partial charge in [-0.1, -0.05) is 27.3 Å². The van der Waals surface area contributed by atoms with Crippen LogP contribution in [0.4, 0.5) is 0 Å². The molecule has 0 spiro atoms. The molecule has 2 aromatic rings. The van der Waals surface area contributed by atoms with E-state index >= 15 is 0 Å². The van der Waals surface area contributed by atoms with E-state index in [1.54, 1.807) is 0 Å². The van der Waals surface area contributed by atoms with Gasteiger partial charge in [-0.15, -0.1) is 10.2 Å². The van der Waals surface area contributed by atoms with Gasteiger partial charge in [0.1, 0.15) is 12.4 Å². The Balaban J connectivity index is 2.04. The predicted molar refractivity (Wildman–Crippen MR) is 68.1 cm³/mol. The largest absolute Gasteiger partial charge is 0.486 e. The minimum atomic E-state index is 0.396. The smallest absolute Gasteiger partial charge is 0.207 e. The highest BCUT2D eigenvalue weighted by molar-refractivity contribution is 9.10. The van der Waals surface area contributed by atoms with Gasteiger partial charge in [-0.2, -0.15) is 0 Å². The van der Waals surface area contributed by atoms with Crippen LogP contribution in [0.1, 0.15) is 10.6 Å². The summed E-state index contributed by atoms with van der Waals surface area (Å²) in [5.41, 5.74) is 1.07. The molecule has 0 radical (unpaired) electrons. The molecule has 0 bridgehead atoms. The van der Waals surface area contributed by atoms with Crippen LogP contribution in [0.2, 0.25) is 4.47 Å². The van der Waals surface area contributed by atoms with E-state index in [1.807, 2.05) is 25.1 Å². The number of aryl methyl sites for hydroxylation is 1. The first kappa shape index (κ1) is 11.8. The van der Waals surface area contributed by atoms with Crippen molar-refractivity contribution in [3.63, 3.8) is 0 Å². The SMILES string of the molecule is Cc1cc(Br)ccc1OCc1nnc(Cl)s1. The molecule has 0 saturated heterocycles. The summed E-state index contributed by atoms with van der Waals surface area (Å²) in [6.07, 6.45) is 0. The van der Waals surface area contributed by atoms with Gasteiger partial charge in [0.15, 0.2) is 5.01 Å². The molecule has 1 aromatic carbocycles. The van der Waals surface area contributed by atoms with Crippen LogP contribution < -0.4 is 4.74 Å². The summed E-state index contributed by atoms with van der Waals surface area (Å²) in [6, 6.07) is 5.86. The maximum absolute atomic E-state index is 5.68. The summed E-state index contributed by atoms with van der Waals surface area (Å²) in [5, 5.41) is 8.36. The van der Waals surface area contributed by atoms with Crippen LogP contribution in [0.25, 0.3) is 0 Å². The highest BCUT2D eigenvalue weighted by Crippen LogP contribution is 2.24. The normalized spacial score (nSPS) is 10.4. The van der Waals surface area contributed by atoms with Gasteiger partial charge in [-0.25, -0.2) is 0 Å². The number of hydrogen-bond donors (Lipinski definition) is 0. The number of benzene rings is 1. The third kappa shape index (κ3) is 2.93. The van der Waals surface area contributed by atoms with Crippen LogP contribution in [0.3, 0.4) is 0 Å². The lowest BCUT2D eigenvalue weighted by Crippen LogP contribution is -1.96. The number of hydrogen-bond acceptors (Lipinski definition) is 4. The van der Waals surface area contributed by atoms with Crippen LogP contribution in [0, 0.1) is 6.92 Å². The molecule has 2 rings (SSSR count). The Bertz CT molecular complexity index is 503. The third-order valence-electron chi connectivity index (χ3n) is 1.93. The van der Waals surface area contributed by atoms with Crippen LogP contribution in [0.15, 0.2) is 22.7 Å². The maximum atomic E-state index is 5.68. The first-order valence-corrected chi connectivity index (χ1v) is 6.51. The van der Waals surface area contributed by atoms with Crippen LogP contribution in [-0.2, 0) is 6.61 Å². The zero-order valence-corrected chi connectivity index (χ0v) is 11.6.